The molecule has 0 aromatic heterocycles. The number of rotatable bonds is 3. The molecule has 1 aromatic rings. The highest BCUT2D eigenvalue weighted by Crippen LogP contribution is 2.16. The molecule has 0 bridgehead atoms. The minimum Gasteiger partial charge on any atom is -0.258 e. The first kappa shape index (κ1) is 10.4. The number of nitro benzene ring substituents is 1. The van der Waals surface area contributed by atoms with E-state index in [1.165, 1.54) is 12.1 Å². The van der Waals surface area contributed by atoms with Crippen molar-refractivity contribution in [2.24, 2.45) is 0 Å². The van der Waals surface area contributed by atoms with Gasteiger partial charge in [0.2, 0.25) is 0 Å². The Morgan fingerprint density at radius 1 is 1.29 bits per heavy atom. The second-order valence-corrected chi connectivity index (χ2v) is 4.36. The molecule has 5 nitrogen and oxygen atoms in total. The van der Waals surface area contributed by atoms with E-state index in [-0.39, 0.29) is 10.6 Å². The molecule has 74 valence electrons. The standard InChI is InChI=1S/C8H7NO4S/c1-2-14(12,13)8-5-3-7(4-6-8)9(10)11/h2-6H,1H2. The van der Waals surface area contributed by atoms with Crippen LogP contribution in [0.1, 0.15) is 0 Å². The number of benzene rings is 1. The minimum absolute atomic E-state index is 0.00176. The summed E-state index contributed by atoms with van der Waals surface area (Å²) in [5.74, 6) is 0. The fourth-order valence-corrected chi connectivity index (χ4v) is 1.56. The molecule has 0 unspecified atom stereocenters. The van der Waals surface area contributed by atoms with E-state index in [4.69, 9.17) is 0 Å². The number of nitrogens with zero attached hydrogens (tertiary/aromatic N) is 1. The van der Waals surface area contributed by atoms with Gasteiger partial charge in [-0.15, -0.1) is 0 Å². The largest absolute Gasteiger partial charge is 0.269 e. The van der Waals surface area contributed by atoms with Gasteiger partial charge in [0.15, 0.2) is 9.84 Å². The fraction of sp³-hybridized carbons (Fsp3) is 0. The molecule has 0 heterocycles. The van der Waals surface area contributed by atoms with Gasteiger partial charge in [0, 0.05) is 17.5 Å². The van der Waals surface area contributed by atoms with Crippen molar-refractivity contribution in [3.05, 3.63) is 46.4 Å². The first-order valence-electron chi connectivity index (χ1n) is 3.59. The molecule has 0 aliphatic heterocycles. The second-order valence-electron chi connectivity index (χ2n) is 2.46. The normalized spacial score (nSPS) is 10.9. The Morgan fingerprint density at radius 3 is 2.14 bits per heavy atom. The Morgan fingerprint density at radius 2 is 1.79 bits per heavy atom. The number of hydrogen-bond acceptors (Lipinski definition) is 4. The van der Waals surface area contributed by atoms with Crippen molar-refractivity contribution in [1.29, 1.82) is 0 Å². The van der Waals surface area contributed by atoms with Crippen molar-refractivity contribution in [2.75, 3.05) is 0 Å². The third kappa shape index (κ3) is 1.97. The average molecular weight is 213 g/mol. The lowest BCUT2D eigenvalue weighted by atomic mass is 10.3. The Hall–Kier alpha value is -1.69. The van der Waals surface area contributed by atoms with Gasteiger partial charge in [-0.1, -0.05) is 6.58 Å². The highest BCUT2D eigenvalue weighted by atomic mass is 32.2. The van der Waals surface area contributed by atoms with Gasteiger partial charge in [0.25, 0.3) is 5.69 Å². The minimum atomic E-state index is -3.50. The van der Waals surface area contributed by atoms with E-state index in [2.05, 4.69) is 6.58 Å². The summed E-state index contributed by atoms with van der Waals surface area (Å²) in [6.07, 6.45) is 0. The third-order valence-electron chi connectivity index (χ3n) is 1.60. The summed E-state index contributed by atoms with van der Waals surface area (Å²) in [6, 6.07) is 4.62. The van der Waals surface area contributed by atoms with Crippen LogP contribution in [0.25, 0.3) is 0 Å². The van der Waals surface area contributed by atoms with E-state index in [9.17, 15) is 18.5 Å². The number of nitro groups is 1. The molecule has 1 rings (SSSR count). The van der Waals surface area contributed by atoms with Gasteiger partial charge >= 0.3 is 0 Å². The van der Waals surface area contributed by atoms with E-state index in [0.717, 1.165) is 17.5 Å². The first-order chi connectivity index (χ1) is 6.47. The number of non-ortho nitro benzene ring substituents is 1. The number of hydrogen-bond donors (Lipinski definition) is 0. The lowest BCUT2D eigenvalue weighted by Gasteiger charge is -1.96. The van der Waals surface area contributed by atoms with Gasteiger partial charge in [0.05, 0.1) is 9.82 Å². The van der Waals surface area contributed by atoms with Gasteiger partial charge in [-0.25, -0.2) is 8.42 Å². The lowest BCUT2D eigenvalue weighted by molar-refractivity contribution is -0.384. The predicted octanol–water partition coefficient (Wildman–Crippen LogP) is 1.51. The van der Waals surface area contributed by atoms with Crippen LogP contribution >= 0.6 is 0 Å². The maximum atomic E-state index is 11.2. The van der Waals surface area contributed by atoms with Crippen LogP contribution in [0, 0.1) is 10.1 Å². The Labute approximate surface area is 80.8 Å². The van der Waals surface area contributed by atoms with Gasteiger partial charge in [-0.05, 0) is 12.1 Å². The zero-order valence-corrected chi connectivity index (χ0v) is 7.90. The van der Waals surface area contributed by atoms with E-state index in [0.29, 0.717) is 0 Å². The molecule has 0 N–H and O–H groups in total. The van der Waals surface area contributed by atoms with Gasteiger partial charge in [-0.3, -0.25) is 10.1 Å². The SMILES string of the molecule is C=CS(=O)(=O)c1ccc([N+](=O)[O-])cc1. The van der Waals surface area contributed by atoms with Crippen LogP contribution in [0.2, 0.25) is 0 Å². The molecule has 0 aliphatic carbocycles. The molecule has 0 aliphatic rings. The van der Waals surface area contributed by atoms with Crippen LogP contribution in [-0.4, -0.2) is 13.3 Å². The summed E-state index contributed by atoms with van der Waals surface area (Å²) in [7, 11) is -3.50. The summed E-state index contributed by atoms with van der Waals surface area (Å²) in [5.41, 5.74) is -0.145. The molecule has 0 spiro atoms. The van der Waals surface area contributed by atoms with Crippen LogP contribution in [0.4, 0.5) is 5.69 Å². The molecular formula is C8H7NO4S. The molecule has 0 atom stereocenters. The van der Waals surface area contributed by atoms with E-state index >= 15 is 0 Å². The van der Waals surface area contributed by atoms with E-state index < -0.39 is 14.8 Å². The van der Waals surface area contributed by atoms with Crippen molar-refractivity contribution in [1.82, 2.24) is 0 Å². The quantitative estimate of drug-likeness (QED) is 0.563. The maximum Gasteiger partial charge on any atom is 0.269 e. The lowest BCUT2D eigenvalue weighted by Crippen LogP contribution is -1.95. The van der Waals surface area contributed by atoms with E-state index in [1.54, 1.807) is 0 Å². The molecule has 1 aromatic carbocycles. The highest BCUT2D eigenvalue weighted by Gasteiger charge is 2.11. The molecule has 0 fully saturated rings. The molecule has 0 saturated heterocycles. The molecule has 0 radical (unpaired) electrons. The molecule has 14 heavy (non-hydrogen) atoms. The summed E-state index contributed by atoms with van der Waals surface area (Å²) in [5, 5.41) is 11.1. The van der Waals surface area contributed by atoms with E-state index in [1.807, 2.05) is 0 Å². The van der Waals surface area contributed by atoms with Crippen molar-refractivity contribution in [3.8, 4) is 0 Å². The van der Waals surface area contributed by atoms with Crippen LogP contribution in [0.15, 0.2) is 41.1 Å². The van der Waals surface area contributed by atoms with Crippen LogP contribution < -0.4 is 0 Å². The fourth-order valence-electron chi connectivity index (χ4n) is 0.854. The average Bonchev–Trinajstić information content (AvgIpc) is 2.18. The molecule has 0 amide bonds. The van der Waals surface area contributed by atoms with Crippen molar-refractivity contribution in [2.45, 2.75) is 4.90 Å². The van der Waals surface area contributed by atoms with Crippen molar-refractivity contribution >= 4 is 15.5 Å². The van der Waals surface area contributed by atoms with Gasteiger partial charge < -0.3 is 0 Å². The monoisotopic (exact) mass is 213 g/mol. The van der Waals surface area contributed by atoms with Crippen LogP contribution in [-0.2, 0) is 9.84 Å². The highest BCUT2D eigenvalue weighted by molar-refractivity contribution is 7.94. The molecular weight excluding hydrogens is 206 g/mol. The van der Waals surface area contributed by atoms with Gasteiger partial charge in [-0.2, -0.15) is 0 Å². The van der Waals surface area contributed by atoms with Crippen molar-refractivity contribution < 1.29 is 13.3 Å². The number of sulfone groups is 1. The first-order valence-corrected chi connectivity index (χ1v) is 5.14. The Bertz CT molecular complexity index is 461. The zero-order valence-electron chi connectivity index (χ0n) is 7.08. The van der Waals surface area contributed by atoms with Gasteiger partial charge in [0.1, 0.15) is 0 Å². The predicted molar refractivity (Wildman–Crippen MR) is 50.5 cm³/mol. The Kier molecular flexibility index (Phi) is 2.66. The van der Waals surface area contributed by atoms with Crippen molar-refractivity contribution in [3.63, 3.8) is 0 Å². The summed E-state index contributed by atoms with van der Waals surface area (Å²) in [6.45, 7) is 3.14. The molecule has 0 saturated carbocycles. The maximum absolute atomic E-state index is 11.2. The second kappa shape index (κ2) is 3.59. The molecule has 6 heteroatoms. The zero-order chi connectivity index (χ0) is 10.8. The smallest absolute Gasteiger partial charge is 0.258 e. The summed E-state index contributed by atoms with van der Waals surface area (Å²) >= 11 is 0. The third-order valence-corrected chi connectivity index (χ3v) is 2.96. The van der Waals surface area contributed by atoms with Crippen LogP contribution in [0.3, 0.4) is 0 Å². The summed E-state index contributed by atoms with van der Waals surface area (Å²) < 4.78 is 22.4. The summed E-state index contributed by atoms with van der Waals surface area (Å²) in [4.78, 5) is 9.67. The topological polar surface area (TPSA) is 77.3 Å². The van der Waals surface area contributed by atoms with Crippen LogP contribution in [0.5, 0.6) is 0 Å². The Balaban J connectivity index is 3.19.